The summed E-state index contributed by atoms with van der Waals surface area (Å²) in [5.74, 6) is -1.72. The predicted molar refractivity (Wildman–Crippen MR) is 169 cm³/mol. The summed E-state index contributed by atoms with van der Waals surface area (Å²) in [5, 5.41) is 23.2. The third kappa shape index (κ3) is 8.85. The smallest absolute Gasteiger partial charge is 0.410 e. The highest BCUT2D eigenvalue weighted by Gasteiger charge is 2.52. The standard InChI is InChI=1S/C31H38N10O6/c1-3-25(41(17-20-10-6-4-7-11-20)31(44)45-18-21-12-8-5-9-13-21)26-15-14-22(35-38-32)29(47-26)27-23(36-39-33)16-24(37-40-34)30(28(27)43)46-19(2)42/h4-13,22-30,43H,3,14-18H2,1-2H3/t22?,23?,24?,25-,26+,27-,28+,29?,30+/m1/s1. The zero-order valence-corrected chi connectivity index (χ0v) is 26.2. The molecule has 4 unspecified atom stereocenters. The minimum Gasteiger partial charge on any atom is -0.459 e. The highest BCUT2D eigenvalue weighted by molar-refractivity contribution is 5.68. The predicted octanol–water partition coefficient (Wildman–Crippen LogP) is 6.50. The van der Waals surface area contributed by atoms with E-state index in [0.29, 0.717) is 19.3 Å². The molecule has 248 valence electrons. The van der Waals surface area contributed by atoms with E-state index in [1.165, 1.54) is 0 Å². The van der Waals surface area contributed by atoms with Crippen molar-refractivity contribution in [3.8, 4) is 0 Å². The number of aliphatic hydroxyl groups excluding tert-OH is 1. The lowest BCUT2D eigenvalue weighted by atomic mass is 9.72. The second-order valence-electron chi connectivity index (χ2n) is 11.5. The molecule has 2 fully saturated rings. The molecule has 1 amide bonds. The highest BCUT2D eigenvalue weighted by Crippen LogP contribution is 2.41. The van der Waals surface area contributed by atoms with Gasteiger partial charge in [0.1, 0.15) is 12.7 Å². The van der Waals surface area contributed by atoms with Crippen molar-refractivity contribution in [2.45, 2.75) is 101 Å². The third-order valence-electron chi connectivity index (χ3n) is 8.66. The summed E-state index contributed by atoms with van der Waals surface area (Å²) in [6.07, 6.45) is -3.77. The first-order valence-electron chi connectivity index (χ1n) is 15.5. The van der Waals surface area contributed by atoms with Crippen LogP contribution in [-0.4, -0.2) is 70.7 Å². The average Bonchev–Trinajstić information content (AvgIpc) is 3.07. The minimum atomic E-state index is -1.50. The fraction of sp³-hybridized carbons (Fsp3) is 0.548. The van der Waals surface area contributed by atoms with E-state index >= 15 is 0 Å². The zero-order chi connectivity index (χ0) is 33.8. The Labute approximate surface area is 271 Å². The molecule has 1 heterocycles. The first kappa shape index (κ1) is 34.9. The number of amides is 1. The number of carbonyl (C=O) groups excluding carboxylic acids is 2. The number of aliphatic hydroxyl groups is 1. The van der Waals surface area contributed by atoms with Crippen molar-refractivity contribution in [1.29, 1.82) is 0 Å². The van der Waals surface area contributed by atoms with Gasteiger partial charge < -0.3 is 19.3 Å². The molecule has 0 bridgehead atoms. The molecule has 2 aromatic carbocycles. The number of hydrogen-bond donors (Lipinski definition) is 1. The van der Waals surface area contributed by atoms with E-state index in [4.69, 9.17) is 19.7 Å². The molecule has 0 spiro atoms. The Balaban J connectivity index is 1.68. The van der Waals surface area contributed by atoms with Crippen LogP contribution in [0.3, 0.4) is 0 Å². The lowest BCUT2D eigenvalue weighted by molar-refractivity contribution is -0.182. The third-order valence-corrected chi connectivity index (χ3v) is 8.66. The lowest BCUT2D eigenvalue weighted by Crippen LogP contribution is -2.61. The molecule has 1 aliphatic carbocycles. The number of ether oxygens (including phenoxy) is 3. The summed E-state index contributed by atoms with van der Waals surface area (Å²) in [7, 11) is 0. The second kappa shape index (κ2) is 17.1. The maximum absolute atomic E-state index is 13.7. The van der Waals surface area contributed by atoms with E-state index in [1.54, 1.807) is 4.90 Å². The van der Waals surface area contributed by atoms with Crippen molar-refractivity contribution < 1.29 is 28.9 Å². The first-order chi connectivity index (χ1) is 22.8. The van der Waals surface area contributed by atoms with Gasteiger partial charge in [0, 0.05) is 40.2 Å². The molecule has 2 aliphatic rings. The molecule has 1 saturated heterocycles. The SMILES string of the molecule is CC[C@H]([C@@H]1CCC(N=[N+]=[N-])C([C@@H]2C(N=[N+]=[N-])CC(N=[N+]=[N-])[C@H](OC(C)=O)[C@H]2O)O1)N(Cc1ccccc1)C(=O)OCc1ccccc1. The van der Waals surface area contributed by atoms with Gasteiger partial charge in [0.05, 0.1) is 36.4 Å². The Morgan fingerprint density at radius 3 is 2.13 bits per heavy atom. The Morgan fingerprint density at radius 2 is 1.53 bits per heavy atom. The van der Waals surface area contributed by atoms with E-state index in [0.717, 1.165) is 18.1 Å². The summed E-state index contributed by atoms with van der Waals surface area (Å²) in [4.78, 5) is 36.1. The van der Waals surface area contributed by atoms with Crippen molar-refractivity contribution in [2.24, 2.45) is 21.3 Å². The van der Waals surface area contributed by atoms with E-state index in [9.17, 15) is 25.8 Å². The molecule has 2 aromatic rings. The van der Waals surface area contributed by atoms with Gasteiger partial charge in [0.15, 0.2) is 0 Å². The second-order valence-corrected chi connectivity index (χ2v) is 11.5. The Kier molecular flexibility index (Phi) is 12.7. The van der Waals surface area contributed by atoms with Crippen molar-refractivity contribution in [3.05, 3.63) is 103 Å². The summed E-state index contributed by atoms with van der Waals surface area (Å²) in [6, 6.07) is 15.5. The maximum atomic E-state index is 13.7. The number of benzene rings is 2. The minimum absolute atomic E-state index is 0.0511. The van der Waals surface area contributed by atoms with Gasteiger partial charge in [-0.1, -0.05) is 82.9 Å². The number of nitrogens with zero attached hydrogens (tertiary/aromatic N) is 10. The summed E-state index contributed by atoms with van der Waals surface area (Å²) in [6.45, 7) is 3.38. The molecule has 16 nitrogen and oxygen atoms in total. The van der Waals surface area contributed by atoms with Gasteiger partial charge in [0.25, 0.3) is 0 Å². The van der Waals surface area contributed by atoms with E-state index < -0.39 is 66.6 Å². The topological polar surface area (TPSA) is 232 Å². The average molecular weight is 647 g/mol. The number of azide groups is 3. The Bertz CT molecular complexity index is 1500. The van der Waals surface area contributed by atoms with Gasteiger partial charge >= 0.3 is 12.1 Å². The Hall–Kier alpha value is -4.97. The van der Waals surface area contributed by atoms with Crippen LogP contribution in [0.15, 0.2) is 76.0 Å². The number of rotatable bonds is 12. The van der Waals surface area contributed by atoms with Crippen LogP contribution in [0.2, 0.25) is 0 Å². The van der Waals surface area contributed by atoms with E-state index in [-0.39, 0.29) is 19.6 Å². The highest BCUT2D eigenvalue weighted by atomic mass is 16.6. The summed E-state index contributed by atoms with van der Waals surface area (Å²) < 4.78 is 17.8. The van der Waals surface area contributed by atoms with Crippen LogP contribution in [-0.2, 0) is 32.2 Å². The molecule has 1 aliphatic heterocycles. The normalized spacial score (nSPS) is 27.5. The molecule has 1 N–H and O–H groups in total. The van der Waals surface area contributed by atoms with Crippen molar-refractivity contribution >= 4 is 12.1 Å². The summed E-state index contributed by atoms with van der Waals surface area (Å²) in [5.41, 5.74) is 29.7. The molecule has 16 heteroatoms. The van der Waals surface area contributed by atoms with Crippen LogP contribution < -0.4 is 0 Å². The van der Waals surface area contributed by atoms with Crippen LogP contribution in [0, 0.1) is 5.92 Å². The van der Waals surface area contributed by atoms with Gasteiger partial charge in [-0.05, 0) is 53.4 Å². The van der Waals surface area contributed by atoms with Crippen LogP contribution in [0.1, 0.15) is 50.7 Å². The van der Waals surface area contributed by atoms with Crippen LogP contribution in [0.5, 0.6) is 0 Å². The molecule has 4 rings (SSSR count). The van der Waals surface area contributed by atoms with Gasteiger partial charge in [-0.25, -0.2) is 4.79 Å². The fourth-order valence-electron chi connectivity index (χ4n) is 6.60. The van der Waals surface area contributed by atoms with Gasteiger partial charge in [0.2, 0.25) is 0 Å². The monoisotopic (exact) mass is 646 g/mol. The van der Waals surface area contributed by atoms with Crippen LogP contribution in [0.4, 0.5) is 4.79 Å². The Morgan fingerprint density at radius 1 is 0.936 bits per heavy atom. The largest absolute Gasteiger partial charge is 0.459 e. The van der Waals surface area contributed by atoms with Gasteiger partial charge in [-0.15, -0.1) is 0 Å². The van der Waals surface area contributed by atoms with Gasteiger partial charge in [-0.3, -0.25) is 9.69 Å². The quantitative estimate of drug-likeness (QED) is 0.117. The molecular formula is C31H38N10O6. The molecular weight excluding hydrogens is 608 g/mol. The molecule has 47 heavy (non-hydrogen) atoms. The maximum Gasteiger partial charge on any atom is 0.410 e. The molecule has 9 atom stereocenters. The summed E-state index contributed by atoms with van der Waals surface area (Å²) >= 11 is 0. The lowest BCUT2D eigenvalue weighted by Gasteiger charge is -2.49. The van der Waals surface area contributed by atoms with Crippen LogP contribution in [0.25, 0.3) is 31.3 Å². The van der Waals surface area contributed by atoms with Crippen molar-refractivity contribution in [3.63, 3.8) is 0 Å². The van der Waals surface area contributed by atoms with E-state index in [1.807, 2.05) is 67.6 Å². The van der Waals surface area contributed by atoms with Crippen molar-refractivity contribution in [2.75, 3.05) is 0 Å². The van der Waals surface area contributed by atoms with Gasteiger partial charge in [-0.2, -0.15) is 0 Å². The van der Waals surface area contributed by atoms with Crippen molar-refractivity contribution in [1.82, 2.24) is 4.90 Å². The van der Waals surface area contributed by atoms with Crippen LogP contribution >= 0.6 is 0 Å². The molecule has 0 aromatic heterocycles. The number of esters is 1. The first-order valence-corrected chi connectivity index (χ1v) is 15.5. The zero-order valence-electron chi connectivity index (χ0n) is 26.2. The molecule has 0 radical (unpaired) electrons. The number of hydrogen-bond acceptors (Lipinski definition) is 9. The fourth-order valence-corrected chi connectivity index (χ4v) is 6.60. The number of carbonyl (C=O) groups is 2. The molecule has 1 saturated carbocycles. The van der Waals surface area contributed by atoms with E-state index in [2.05, 4.69) is 30.1 Å².